The summed E-state index contributed by atoms with van der Waals surface area (Å²) in [5.41, 5.74) is 1.05. The largest absolute Gasteiger partial charge is 0.354 e. The second-order valence-corrected chi connectivity index (χ2v) is 8.17. The summed E-state index contributed by atoms with van der Waals surface area (Å²) in [7, 11) is -3.84. The molecule has 2 aromatic carbocycles. The number of amides is 1. The first-order valence-corrected chi connectivity index (χ1v) is 10.7. The zero-order chi connectivity index (χ0) is 19.9. The van der Waals surface area contributed by atoms with Gasteiger partial charge in [-0.15, -0.1) is 0 Å². The Hall–Kier alpha value is -2.41. The van der Waals surface area contributed by atoms with Gasteiger partial charge in [-0.25, -0.2) is 12.8 Å². The van der Waals surface area contributed by atoms with Crippen molar-refractivity contribution in [3.63, 3.8) is 0 Å². The first-order chi connectivity index (χ1) is 12.8. The zero-order valence-electron chi connectivity index (χ0n) is 15.6. The molecule has 7 heteroatoms. The van der Waals surface area contributed by atoms with E-state index in [1.54, 1.807) is 13.0 Å². The van der Waals surface area contributed by atoms with Crippen molar-refractivity contribution in [2.24, 2.45) is 0 Å². The van der Waals surface area contributed by atoms with Crippen molar-refractivity contribution in [3.8, 4) is 0 Å². The maximum absolute atomic E-state index is 14.2. The molecule has 0 radical (unpaired) electrons. The molecule has 5 nitrogen and oxygen atoms in total. The van der Waals surface area contributed by atoms with Crippen LogP contribution in [0, 0.1) is 5.82 Å². The SMILES string of the molecule is CC[C@@H](C(=O)NCCCc1ccccc1)N(c1ccccc1F)S(C)(=O)=O. The maximum Gasteiger partial charge on any atom is 0.243 e. The van der Waals surface area contributed by atoms with Gasteiger partial charge in [0.2, 0.25) is 15.9 Å². The topological polar surface area (TPSA) is 66.5 Å². The average Bonchev–Trinajstić information content (AvgIpc) is 2.64. The van der Waals surface area contributed by atoms with Gasteiger partial charge in [0.05, 0.1) is 11.9 Å². The molecule has 0 bridgehead atoms. The highest BCUT2D eigenvalue weighted by Gasteiger charge is 2.32. The lowest BCUT2D eigenvalue weighted by Gasteiger charge is -2.30. The van der Waals surface area contributed by atoms with Crippen LogP contribution in [0.25, 0.3) is 0 Å². The van der Waals surface area contributed by atoms with Gasteiger partial charge in [0.15, 0.2) is 0 Å². The van der Waals surface area contributed by atoms with E-state index in [2.05, 4.69) is 5.32 Å². The minimum atomic E-state index is -3.84. The molecule has 0 aliphatic rings. The smallest absolute Gasteiger partial charge is 0.243 e. The van der Waals surface area contributed by atoms with Crippen molar-refractivity contribution in [2.45, 2.75) is 32.2 Å². The third-order valence-electron chi connectivity index (χ3n) is 4.20. The normalized spacial score (nSPS) is 12.4. The Bertz CT molecular complexity index is 857. The van der Waals surface area contributed by atoms with Gasteiger partial charge >= 0.3 is 0 Å². The summed E-state index contributed by atoms with van der Waals surface area (Å²) in [6.07, 6.45) is 2.74. The molecule has 0 fully saturated rings. The van der Waals surface area contributed by atoms with E-state index in [1.807, 2.05) is 30.3 Å². The quantitative estimate of drug-likeness (QED) is 0.667. The molecule has 0 unspecified atom stereocenters. The van der Waals surface area contributed by atoms with Crippen molar-refractivity contribution >= 4 is 21.6 Å². The maximum atomic E-state index is 14.2. The monoisotopic (exact) mass is 392 g/mol. The van der Waals surface area contributed by atoms with Crippen LogP contribution in [0.5, 0.6) is 0 Å². The number of hydrogen-bond donors (Lipinski definition) is 1. The molecule has 1 N–H and O–H groups in total. The van der Waals surface area contributed by atoms with Crippen LogP contribution in [-0.2, 0) is 21.2 Å². The summed E-state index contributed by atoms with van der Waals surface area (Å²) in [5.74, 6) is -1.11. The summed E-state index contributed by atoms with van der Waals surface area (Å²) in [4.78, 5) is 12.6. The molecule has 0 saturated heterocycles. The van der Waals surface area contributed by atoms with Crippen molar-refractivity contribution in [2.75, 3.05) is 17.1 Å². The van der Waals surface area contributed by atoms with E-state index in [0.717, 1.165) is 23.4 Å². The van der Waals surface area contributed by atoms with Gasteiger partial charge in [0, 0.05) is 6.54 Å². The number of para-hydroxylation sites is 1. The van der Waals surface area contributed by atoms with Crippen LogP contribution in [0.2, 0.25) is 0 Å². The lowest BCUT2D eigenvalue weighted by molar-refractivity contribution is -0.122. The number of nitrogens with zero attached hydrogens (tertiary/aromatic N) is 1. The van der Waals surface area contributed by atoms with Crippen LogP contribution in [-0.4, -0.2) is 33.2 Å². The Morgan fingerprint density at radius 3 is 2.33 bits per heavy atom. The Morgan fingerprint density at radius 1 is 1.11 bits per heavy atom. The van der Waals surface area contributed by atoms with Gasteiger partial charge in [-0.2, -0.15) is 0 Å². The molecule has 0 saturated carbocycles. The van der Waals surface area contributed by atoms with Crippen LogP contribution in [0.1, 0.15) is 25.3 Å². The van der Waals surface area contributed by atoms with Crippen LogP contribution in [0.4, 0.5) is 10.1 Å². The van der Waals surface area contributed by atoms with E-state index in [4.69, 9.17) is 0 Å². The Balaban J connectivity index is 2.07. The fraction of sp³-hybridized carbons (Fsp3) is 0.350. The van der Waals surface area contributed by atoms with Crippen LogP contribution < -0.4 is 9.62 Å². The number of carbonyl (C=O) groups is 1. The Morgan fingerprint density at radius 2 is 1.74 bits per heavy atom. The molecule has 27 heavy (non-hydrogen) atoms. The highest BCUT2D eigenvalue weighted by atomic mass is 32.2. The van der Waals surface area contributed by atoms with Gasteiger partial charge in [-0.3, -0.25) is 9.10 Å². The van der Waals surface area contributed by atoms with E-state index < -0.39 is 27.8 Å². The minimum absolute atomic E-state index is 0.119. The lowest BCUT2D eigenvalue weighted by atomic mass is 10.1. The lowest BCUT2D eigenvalue weighted by Crippen LogP contribution is -2.49. The number of sulfonamides is 1. The molecule has 1 atom stereocenters. The van der Waals surface area contributed by atoms with E-state index in [-0.39, 0.29) is 12.1 Å². The fourth-order valence-corrected chi connectivity index (χ4v) is 4.14. The van der Waals surface area contributed by atoms with E-state index >= 15 is 0 Å². The summed E-state index contributed by atoms with van der Waals surface area (Å²) in [6.45, 7) is 2.12. The second-order valence-electron chi connectivity index (χ2n) is 6.31. The van der Waals surface area contributed by atoms with Crippen molar-refractivity contribution in [3.05, 3.63) is 66.0 Å². The third-order valence-corrected chi connectivity index (χ3v) is 5.37. The molecule has 0 aliphatic carbocycles. The standard InChI is InChI=1S/C20H25FN2O3S/c1-3-18(20(24)22-15-9-12-16-10-5-4-6-11-16)23(27(2,25)26)19-14-8-7-13-17(19)21/h4-8,10-11,13-14,18H,3,9,12,15H2,1-2H3,(H,22,24)/t18-/m0/s1. The van der Waals surface area contributed by atoms with E-state index in [1.165, 1.54) is 23.8 Å². The number of halogens is 1. The van der Waals surface area contributed by atoms with Gasteiger partial charge in [-0.1, -0.05) is 49.4 Å². The van der Waals surface area contributed by atoms with Crippen molar-refractivity contribution < 1.29 is 17.6 Å². The Kier molecular flexibility index (Phi) is 7.36. The number of anilines is 1. The van der Waals surface area contributed by atoms with E-state index in [0.29, 0.717) is 6.54 Å². The number of benzene rings is 2. The fourth-order valence-electron chi connectivity index (χ4n) is 2.93. The van der Waals surface area contributed by atoms with Crippen molar-refractivity contribution in [1.29, 1.82) is 0 Å². The zero-order valence-corrected chi connectivity index (χ0v) is 16.4. The number of nitrogens with one attached hydrogen (secondary N) is 1. The summed E-state index contributed by atoms with van der Waals surface area (Å²) < 4.78 is 39.6. The number of carbonyl (C=O) groups excluding carboxylic acids is 1. The summed E-state index contributed by atoms with van der Waals surface area (Å²) >= 11 is 0. The highest BCUT2D eigenvalue weighted by molar-refractivity contribution is 7.92. The molecule has 1 amide bonds. The van der Waals surface area contributed by atoms with Gasteiger partial charge in [0.25, 0.3) is 0 Å². The molecule has 146 valence electrons. The number of aryl methyl sites for hydroxylation is 1. The molecule has 0 heterocycles. The molecule has 2 rings (SSSR count). The minimum Gasteiger partial charge on any atom is -0.354 e. The summed E-state index contributed by atoms with van der Waals surface area (Å²) in [5, 5.41) is 2.78. The molecular weight excluding hydrogens is 367 g/mol. The first-order valence-electron chi connectivity index (χ1n) is 8.90. The average molecular weight is 392 g/mol. The first kappa shape index (κ1) is 20.9. The molecule has 2 aromatic rings. The molecule has 0 aliphatic heterocycles. The van der Waals surface area contributed by atoms with Crippen LogP contribution >= 0.6 is 0 Å². The van der Waals surface area contributed by atoms with Gasteiger partial charge < -0.3 is 5.32 Å². The van der Waals surface area contributed by atoms with Crippen LogP contribution in [0.15, 0.2) is 54.6 Å². The number of hydrogen-bond acceptors (Lipinski definition) is 3. The second kappa shape index (κ2) is 9.50. The molecule has 0 aromatic heterocycles. The Labute approximate surface area is 160 Å². The molecular formula is C20H25FN2O3S. The molecule has 0 spiro atoms. The van der Waals surface area contributed by atoms with Crippen molar-refractivity contribution in [1.82, 2.24) is 5.32 Å². The number of rotatable bonds is 9. The van der Waals surface area contributed by atoms with Crippen LogP contribution in [0.3, 0.4) is 0 Å². The summed E-state index contributed by atoms with van der Waals surface area (Å²) in [6, 6.07) is 14.4. The van der Waals surface area contributed by atoms with Gasteiger partial charge in [-0.05, 0) is 37.0 Å². The predicted octanol–water partition coefficient (Wildman–Crippen LogP) is 3.12. The van der Waals surface area contributed by atoms with E-state index in [9.17, 15) is 17.6 Å². The van der Waals surface area contributed by atoms with Gasteiger partial charge in [0.1, 0.15) is 11.9 Å². The highest BCUT2D eigenvalue weighted by Crippen LogP contribution is 2.25. The predicted molar refractivity (Wildman–Crippen MR) is 106 cm³/mol. The third kappa shape index (κ3) is 5.79.